The summed E-state index contributed by atoms with van der Waals surface area (Å²) in [6.07, 6.45) is 9.62. The molecule has 15 heavy (non-hydrogen) atoms. The molecule has 2 nitrogen and oxygen atoms in total. The van der Waals surface area contributed by atoms with Crippen LogP contribution in [0, 0.1) is 17.8 Å². The van der Waals surface area contributed by atoms with Crippen LogP contribution in [-0.2, 0) is 4.74 Å². The van der Waals surface area contributed by atoms with Gasteiger partial charge in [0.1, 0.15) is 0 Å². The van der Waals surface area contributed by atoms with Crippen LogP contribution in [0.2, 0.25) is 0 Å². The quantitative estimate of drug-likeness (QED) is 0.712. The Labute approximate surface area is 93.6 Å². The molecule has 0 radical (unpaired) electrons. The van der Waals surface area contributed by atoms with Gasteiger partial charge in [0.2, 0.25) is 0 Å². The molecule has 2 fully saturated rings. The Balaban J connectivity index is 1.95. The Morgan fingerprint density at radius 2 is 1.87 bits per heavy atom. The van der Waals surface area contributed by atoms with Crippen molar-refractivity contribution in [2.45, 2.75) is 44.9 Å². The highest BCUT2D eigenvalue weighted by atomic mass is 16.5. The van der Waals surface area contributed by atoms with Crippen LogP contribution < -0.4 is 5.73 Å². The van der Waals surface area contributed by atoms with E-state index in [1.165, 1.54) is 44.9 Å². The summed E-state index contributed by atoms with van der Waals surface area (Å²) >= 11 is 0. The maximum absolute atomic E-state index is 5.93. The van der Waals surface area contributed by atoms with Gasteiger partial charge in [0.15, 0.2) is 0 Å². The Morgan fingerprint density at radius 1 is 1.00 bits per heavy atom. The highest BCUT2D eigenvalue weighted by Gasteiger charge is 2.30. The van der Waals surface area contributed by atoms with Crippen molar-refractivity contribution in [3.05, 3.63) is 0 Å². The fourth-order valence-electron chi connectivity index (χ4n) is 3.43. The monoisotopic (exact) mass is 211 g/mol. The lowest BCUT2D eigenvalue weighted by Crippen LogP contribution is -2.33. The van der Waals surface area contributed by atoms with E-state index in [1.807, 2.05) is 0 Å². The maximum atomic E-state index is 5.93. The molecule has 1 aliphatic carbocycles. The Hall–Kier alpha value is -0.0800. The van der Waals surface area contributed by atoms with Crippen molar-refractivity contribution in [2.75, 3.05) is 19.8 Å². The summed E-state index contributed by atoms with van der Waals surface area (Å²) in [6, 6.07) is 0. The van der Waals surface area contributed by atoms with Gasteiger partial charge in [0, 0.05) is 13.2 Å². The number of hydrogen-bond donors (Lipinski definition) is 1. The van der Waals surface area contributed by atoms with Crippen LogP contribution in [-0.4, -0.2) is 19.8 Å². The summed E-state index contributed by atoms with van der Waals surface area (Å²) in [4.78, 5) is 0. The van der Waals surface area contributed by atoms with E-state index in [-0.39, 0.29) is 0 Å². The molecule has 2 N–H and O–H groups in total. The van der Waals surface area contributed by atoms with Gasteiger partial charge in [-0.15, -0.1) is 0 Å². The van der Waals surface area contributed by atoms with E-state index in [0.717, 1.165) is 37.5 Å². The van der Waals surface area contributed by atoms with Gasteiger partial charge >= 0.3 is 0 Å². The van der Waals surface area contributed by atoms with E-state index in [2.05, 4.69) is 0 Å². The lowest BCUT2D eigenvalue weighted by Gasteiger charge is -2.34. The van der Waals surface area contributed by atoms with Gasteiger partial charge in [0.05, 0.1) is 0 Å². The second-order valence-electron chi connectivity index (χ2n) is 5.27. The molecule has 0 aromatic rings. The van der Waals surface area contributed by atoms with Crippen molar-refractivity contribution in [1.82, 2.24) is 0 Å². The fraction of sp³-hybridized carbons (Fsp3) is 1.00. The van der Waals surface area contributed by atoms with Crippen LogP contribution in [0.15, 0.2) is 0 Å². The standard InChI is InChI=1S/C13H25NO/c14-9-11-5-2-1-3-7-13(11)12-6-4-8-15-10-12/h11-13H,1-10,14H2. The summed E-state index contributed by atoms with van der Waals surface area (Å²) in [6.45, 7) is 2.87. The number of nitrogens with two attached hydrogens (primary N) is 1. The van der Waals surface area contributed by atoms with E-state index in [1.54, 1.807) is 0 Å². The van der Waals surface area contributed by atoms with Crippen molar-refractivity contribution in [2.24, 2.45) is 23.5 Å². The van der Waals surface area contributed by atoms with E-state index in [9.17, 15) is 0 Å². The molecule has 1 saturated carbocycles. The van der Waals surface area contributed by atoms with E-state index in [4.69, 9.17) is 10.5 Å². The third kappa shape index (κ3) is 2.94. The molecule has 88 valence electrons. The summed E-state index contributed by atoms with van der Waals surface area (Å²) in [5, 5.41) is 0. The number of ether oxygens (including phenoxy) is 1. The average Bonchev–Trinajstić information content (AvgIpc) is 2.55. The number of hydrogen-bond acceptors (Lipinski definition) is 2. The Kier molecular flexibility index (Phi) is 4.45. The van der Waals surface area contributed by atoms with Crippen molar-refractivity contribution < 1.29 is 4.74 Å². The van der Waals surface area contributed by atoms with Crippen molar-refractivity contribution >= 4 is 0 Å². The predicted octanol–water partition coefficient (Wildman–Crippen LogP) is 2.57. The first-order valence-electron chi connectivity index (χ1n) is 6.69. The Bertz CT molecular complexity index is 177. The first-order chi connectivity index (χ1) is 7.42. The zero-order valence-electron chi connectivity index (χ0n) is 9.79. The minimum Gasteiger partial charge on any atom is -0.381 e. The lowest BCUT2D eigenvalue weighted by molar-refractivity contribution is 0.0154. The topological polar surface area (TPSA) is 35.2 Å². The van der Waals surface area contributed by atoms with Crippen molar-refractivity contribution in [3.63, 3.8) is 0 Å². The molecule has 3 atom stereocenters. The number of rotatable bonds is 2. The largest absolute Gasteiger partial charge is 0.381 e. The first kappa shape index (κ1) is 11.4. The molecule has 2 aliphatic rings. The van der Waals surface area contributed by atoms with E-state index in [0.29, 0.717) is 0 Å². The van der Waals surface area contributed by atoms with Gasteiger partial charge in [0.25, 0.3) is 0 Å². The normalized spacial score (nSPS) is 38.6. The zero-order chi connectivity index (χ0) is 10.5. The maximum Gasteiger partial charge on any atom is 0.0497 e. The molecular formula is C13H25NO. The molecule has 1 heterocycles. The van der Waals surface area contributed by atoms with Gasteiger partial charge in [-0.1, -0.05) is 19.3 Å². The van der Waals surface area contributed by atoms with Crippen LogP contribution in [0.5, 0.6) is 0 Å². The third-order valence-corrected chi connectivity index (χ3v) is 4.32. The predicted molar refractivity (Wildman–Crippen MR) is 62.7 cm³/mol. The summed E-state index contributed by atoms with van der Waals surface area (Å²) in [5.74, 6) is 2.45. The average molecular weight is 211 g/mol. The summed E-state index contributed by atoms with van der Waals surface area (Å²) < 4.78 is 5.63. The molecule has 2 rings (SSSR count). The third-order valence-electron chi connectivity index (χ3n) is 4.32. The molecule has 2 heteroatoms. The minimum atomic E-state index is 0.777. The smallest absolute Gasteiger partial charge is 0.0497 e. The van der Waals surface area contributed by atoms with Crippen LogP contribution in [0.3, 0.4) is 0 Å². The van der Waals surface area contributed by atoms with Crippen molar-refractivity contribution in [1.29, 1.82) is 0 Å². The minimum absolute atomic E-state index is 0.777. The van der Waals surface area contributed by atoms with Gasteiger partial charge in [-0.2, -0.15) is 0 Å². The van der Waals surface area contributed by atoms with Gasteiger partial charge in [-0.05, 0) is 50.0 Å². The summed E-state index contributed by atoms with van der Waals surface area (Å²) in [5.41, 5.74) is 5.93. The molecule has 0 amide bonds. The molecular weight excluding hydrogens is 186 g/mol. The Morgan fingerprint density at radius 3 is 2.60 bits per heavy atom. The van der Waals surface area contributed by atoms with Crippen LogP contribution in [0.25, 0.3) is 0 Å². The SMILES string of the molecule is NCC1CCCCCC1C1CCCOC1. The molecule has 0 aromatic heterocycles. The molecule has 1 saturated heterocycles. The lowest BCUT2D eigenvalue weighted by atomic mass is 9.76. The second kappa shape index (κ2) is 5.86. The van der Waals surface area contributed by atoms with Crippen LogP contribution in [0.4, 0.5) is 0 Å². The van der Waals surface area contributed by atoms with Gasteiger partial charge in [-0.3, -0.25) is 0 Å². The molecule has 0 aromatic carbocycles. The molecule has 0 spiro atoms. The van der Waals surface area contributed by atoms with E-state index >= 15 is 0 Å². The van der Waals surface area contributed by atoms with Crippen LogP contribution >= 0.6 is 0 Å². The fourth-order valence-corrected chi connectivity index (χ4v) is 3.43. The molecule has 3 unspecified atom stereocenters. The highest BCUT2D eigenvalue weighted by Crippen LogP contribution is 2.36. The zero-order valence-corrected chi connectivity index (χ0v) is 9.79. The summed E-state index contributed by atoms with van der Waals surface area (Å²) in [7, 11) is 0. The first-order valence-corrected chi connectivity index (χ1v) is 6.69. The van der Waals surface area contributed by atoms with Gasteiger partial charge < -0.3 is 10.5 Å². The molecule has 1 aliphatic heterocycles. The van der Waals surface area contributed by atoms with Crippen molar-refractivity contribution in [3.8, 4) is 0 Å². The van der Waals surface area contributed by atoms with Gasteiger partial charge in [-0.25, -0.2) is 0 Å². The highest BCUT2D eigenvalue weighted by molar-refractivity contribution is 4.81. The molecule has 0 bridgehead atoms. The van der Waals surface area contributed by atoms with E-state index < -0.39 is 0 Å². The van der Waals surface area contributed by atoms with Crippen LogP contribution in [0.1, 0.15) is 44.9 Å². The second-order valence-corrected chi connectivity index (χ2v) is 5.27.